The zero-order chi connectivity index (χ0) is 12.1. The Morgan fingerprint density at radius 1 is 1.19 bits per heavy atom. The molecule has 94 valence electrons. The molecule has 0 aliphatic carbocycles. The lowest BCUT2D eigenvalue weighted by Gasteiger charge is -2.01. The average molecular weight is 227 g/mol. The Labute approximate surface area is 98.9 Å². The molecule has 0 fully saturated rings. The fourth-order valence-corrected chi connectivity index (χ4v) is 1.35. The Hall–Kier alpha value is -0.830. The van der Waals surface area contributed by atoms with Crippen molar-refractivity contribution in [3.05, 3.63) is 12.2 Å². The predicted molar refractivity (Wildman–Crippen MR) is 67.2 cm³/mol. The van der Waals surface area contributed by atoms with E-state index >= 15 is 0 Å². The molecule has 0 unspecified atom stereocenters. The summed E-state index contributed by atoms with van der Waals surface area (Å²) in [6, 6.07) is 0. The molecular weight excluding hydrogens is 202 g/mol. The smallest absolute Gasteiger partial charge is 0.219 e. The fourth-order valence-electron chi connectivity index (χ4n) is 1.35. The second kappa shape index (κ2) is 12.2. The van der Waals surface area contributed by atoms with Crippen LogP contribution < -0.4 is 5.32 Å². The van der Waals surface area contributed by atoms with Crippen LogP contribution in [0.3, 0.4) is 0 Å². The molecule has 2 N–H and O–H groups in total. The van der Waals surface area contributed by atoms with Gasteiger partial charge >= 0.3 is 0 Å². The molecule has 0 saturated carbocycles. The van der Waals surface area contributed by atoms with Gasteiger partial charge < -0.3 is 10.4 Å². The van der Waals surface area contributed by atoms with E-state index in [0.717, 1.165) is 45.1 Å². The SMILES string of the molecule is CCCNC(=O)CCCC/C=C\CCCO. The molecule has 0 atom stereocenters. The highest BCUT2D eigenvalue weighted by atomic mass is 16.2. The Morgan fingerprint density at radius 3 is 2.50 bits per heavy atom. The molecule has 0 spiro atoms. The second-order valence-corrected chi connectivity index (χ2v) is 3.93. The van der Waals surface area contributed by atoms with Crippen molar-refractivity contribution in [3.63, 3.8) is 0 Å². The number of carbonyl (C=O) groups excluding carboxylic acids is 1. The maximum atomic E-state index is 11.2. The Balaban J connectivity index is 3.19. The van der Waals surface area contributed by atoms with E-state index in [1.807, 2.05) is 0 Å². The van der Waals surface area contributed by atoms with Crippen molar-refractivity contribution in [1.82, 2.24) is 5.32 Å². The van der Waals surface area contributed by atoms with Crippen LogP contribution in [0, 0.1) is 0 Å². The first-order valence-electron chi connectivity index (χ1n) is 6.33. The summed E-state index contributed by atoms with van der Waals surface area (Å²) in [5, 5.41) is 11.4. The van der Waals surface area contributed by atoms with Crippen LogP contribution in [0.2, 0.25) is 0 Å². The predicted octanol–water partition coefficient (Wildman–Crippen LogP) is 2.40. The molecule has 0 aromatic carbocycles. The summed E-state index contributed by atoms with van der Waals surface area (Å²) in [4.78, 5) is 11.2. The van der Waals surface area contributed by atoms with E-state index in [4.69, 9.17) is 5.11 Å². The third-order valence-electron chi connectivity index (χ3n) is 2.29. The van der Waals surface area contributed by atoms with Crippen LogP contribution in [0.1, 0.15) is 51.9 Å². The molecule has 1 amide bonds. The summed E-state index contributed by atoms with van der Waals surface area (Å²) in [5.74, 6) is 0.172. The summed E-state index contributed by atoms with van der Waals surface area (Å²) in [6.07, 6.45) is 10.7. The van der Waals surface area contributed by atoms with Gasteiger partial charge in [-0.3, -0.25) is 4.79 Å². The van der Waals surface area contributed by atoms with Crippen molar-refractivity contribution in [3.8, 4) is 0 Å². The Kier molecular flexibility index (Phi) is 11.6. The standard InChI is InChI=1S/C13H25NO2/c1-2-11-14-13(16)10-8-6-4-3-5-7-9-12-15/h3,5,15H,2,4,6-12H2,1H3,(H,14,16)/b5-3-. The van der Waals surface area contributed by atoms with Crippen LogP contribution in [0.5, 0.6) is 0 Å². The lowest BCUT2D eigenvalue weighted by Crippen LogP contribution is -2.23. The van der Waals surface area contributed by atoms with Crippen molar-refractivity contribution < 1.29 is 9.90 Å². The molecule has 16 heavy (non-hydrogen) atoms. The van der Waals surface area contributed by atoms with Gasteiger partial charge in [-0.25, -0.2) is 0 Å². The number of allylic oxidation sites excluding steroid dienone is 2. The zero-order valence-electron chi connectivity index (χ0n) is 10.4. The number of hydrogen-bond donors (Lipinski definition) is 2. The van der Waals surface area contributed by atoms with E-state index in [1.54, 1.807) is 0 Å². The van der Waals surface area contributed by atoms with Crippen LogP contribution >= 0.6 is 0 Å². The zero-order valence-corrected chi connectivity index (χ0v) is 10.4. The summed E-state index contributed by atoms with van der Waals surface area (Å²) in [6.45, 7) is 3.11. The maximum absolute atomic E-state index is 11.2. The lowest BCUT2D eigenvalue weighted by molar-refractivity contribution is -0.121. The summed E-state index contributed by atoms with van der Waals surface area (Å²) in [5.41, 5.74) is 0. The first-order valence-corrected chi connectivity index (χ1v) is 6.33. The van der Waals surface area contributed by atoms with E-state index in [0.29, 0.717) is 6.42 Å². The molecule has 3 heteroatoms. The fraction of sp³-hybridized carbons (Fsp3) is 0.769. The van der Waals surface area contributed by atoms with Crippen LogP contribution in [0.15, 0.2) is 12.2 Å². The normalized spacial score (nSPS) is 10.9. The topological polar surface area (TPSA) is 49.3 Å². The number of hydrogen-bond acceptors (Lipinski definition) is 2. The number of carbonyl (C=O) groups is 1. The van der Waals surface area contributed by atoms with Gasteiger partial charge in [0, 0.05) is 19.6 Å². The number of amides is 1. The van der Waals surface area contributed by atoms with Crippen LogP contribution in [-0.2, 0) is 4.79 Å². The molecular formula is C13H25NO2. The van der Waals surface area contributed by atoms with Gasteiger partial charge in [-0.1, -0.05) is 19.1 Å². The van der Waals surface area contributed by atoms with Gasteiger partial charge in [0.05, 0.1) is 0 Å². The summed E-state index contributed by atoms with van der Waals surface area (Å²) < 4.78 is 0. The molecule has 0 heterocycles. The minimum absolute atomic E-state index is 0.172. The molecule has 0 aromatic rings. The Bertz CT molecular complexity index is 190. The van der Waals surface area contributed by atoms with Crippen LogP contribution in [0.4, 0.5) is 0 Å². The number of aliphatic hydroxyl groups excluding tert-OH is 1. The van der Waals surface area contributed by atoms with Gasteiger partial charge in [0.2, 0.25) is 5.91 Å². The van der Waals surface area contributed by atoms with E-state index in [2.05, 4.69) is 24.4 Å². The van der Waals surface area contributed by atoms with E-state index in [9.17, 15) is 4.79 Å². The lowest BCUT2D eigenvalue weighted by atomic mass is 10.1. The molecule has 0 aliphatic rings. The van der Waals surface area contributed by atoms with Crippen molar-refractivity contribution in [2.75, 3.05) is 13.2 Å². The molecule has 0 radical (unpaired) electrons. The quantitative estimate of drug-likeness (QED) is 0.445. The van der Waals surface area contributed by atoms with E-state index in [1.165, 1.54) is 0 Å². The van der Waals surface area contributed by atoms with Gasteiger partial charge in [-0.15, -0.1) is 0 Å². The number of nitrogens with one attached hydrogen (secondary N) is 1. The first-order chi connectivity index (χ1) is 7.81. The number of rotatable bonds is 10. The summed E-state index contributed by atoms with van der Waals surface area (Å²) in [7, 11) is 0. The maximum Gasteiger partial charge on any atom is 0.219 e. The van der Waals surface area contributed by atoms with Crippen molar-refractivity contribution >= 4 is 5.91 Å². The van der Waals surface area contributed by atoms with Gasteiger partial charge in [0.15, 0.2) is 0 Å². The van der Waals surface area contributed by atoms with Crippen molar-refractivity contribution in [2.45, 2.75) is 51.9 Å². The molecule has 0 aromatic heterocycles. The molecule has 0 aliphatic heterocycles. The van der Waals surface area contributed by atoms with Crippen LogP contribution in [-0.4, -0.2) is 24.2 Å². The first kappa shape index (κ1) is 15.2. The molecule has 0 rings (SSSR count). The third kappa shape index (κ3) is 11.2. The highest BCUT2D eigenvalue weighted by Gasteiger charge is 1.97. The molecule has 0 bridgehead atoms. The van der Waals surface area contributed by atoms with Crippen molar-refractivity contribution in [2.24, 2.45) is 0 Å². The average Bonchev–Trinajstić information content (AvgIpc) is 2.30. The monoisotopic (exact) mass is 227 g/mol. The van der Waals surface area contributed by atoms with E-state index in [-0.39, 0.29) is 12.5 Å². The number of aliphatic hydroxyl groups is 1. The largest absolute Gasteiger partial charge is 0.396 e. The third-order valence-corrected chi connectivity index (χ3v) is 2.29. The summed E-state index contributed by atoms with van der Waals surface area (Å²) >= 11 is 0. The minimum atomic E-state index is 0.172. The second-order valence-electron chi connectivity index (χ2n) is 3.93. The highest BCUT2D eigenvalue weighted by Crippen LogP contribution is 2.01. The molecule has 3 nitrogen and oxygen atoms in total. The van der Waals surface area contributed by atoms with Crippen LogP contribution in [0.25, 0.3) is 0 Å². The Morgan fingerprint density at radius 2 is 1.88 bits per heavy atom. The number of unbranched alkanes of at least 4 members (excludes halogenated alkanes) is 3. The van der Waals surface area contributed by atoms with Gasteiger partial charge in [-0.2, -0.15) is 0 Å². The van der Waals surface area contributed by atoms with E-state index < -0.39 is 0 Å². The van der Waals surface area contributed by atoms with Crippen molar-refractivity contribution in [1.29, 1.82) is 0 Å². The van der Waals surface area contributed by atoms with Gasteiger partial charge in [0.25, 0.3) is 0 Å². The highest BCUT2D eigenvalue weighted by molar-refractivity contribution is 5.75. The minimum Gasteiger partial charge on any atom is -0.396 e. The van der Waals surface area contributed by atoms with Gasteiger partial charge in [0.1, 0.15) is 0 Å². The van der Waals surface area contributed by atoms with Gasteiger partial charge in [-0.05, 0) is 38.5 Å². The molecule has 0 saturated heterocycles.